The molecule has 2 aromatic rings. The van der Waals surface area contributed by atoms with Crippen LogP contribution in [0.4, 0.5) is 13.2 Å². The number of rotatable bonds is 4. The number of benzene rings is 1. The Bertz CT molecular complexity index is 668. The van der Waals surface area contributed by atoms with Crippen LogP contribution < -0.4 is 0 Å². The molecule has 1 aromatic heterocycles. The maximum absolute atomic E-state index is 12.6. The van der Waals surface area contributed by atoms with Crippen molar-refractivity contribution in [1.29, 1.82) is 0 Å². The van der Waals surface area contributed by atoms with Gasteiger partial charge in [0.1, 0.15) is 5.56 Å². The van der Waals surface area contributed by atoms with Crippen LogP contribution in [0.15, 0.2) is 35.4 Å². The van der Waals surface area contributed by atoms with Crippen molar-refractivity contribution in [2.24, 2.45) is 7.05 Å². The van der Waals surface area contributed by atoms with E-state index in [0.29, 0.717) is 10.6 Å². The van der Waals surface area contributed by atoms with Gasteiger partial charge in [-0.3, -0.25) is 4.68 Å². The second-order valence-electron chi connectivity index (χ2n) is 4.25. The largest absolute Gasteiger partial charge is 0.478 e. The van der Waals surface area contributed by atoms with Gasteiger partial charge < -0.3 is 5.11 Å². The lowest BCUT2D eigenvalue weighted by atomic mass is 10.2. The normalized spacial score (nSPS) is 11.6. The van der Waals surface area contributed by atoms with E-state index in [-0.39, 0.29) is 11.3 Å². The van der Waals surface area contributed by atoms with Crippen molar-refractivity contribution < 1.29 is 23.1 Å². The third-order valence-corrected chi connectivity index (χ3v) is 3.83. The molecule has 21 heavy (non-hydrogen) atoms. The van der Waals surface area contributed by atoms with Gasteiger partial charge in [0.05, 0.1) is 17.5 Å². The molecule has 0 unspecified atom stereocenters. The van der Waals surface area contributed by atoms with Gasteiger partial charge in [0.25, 0.3) is 0 Å². The lowest BCUT2D eigenvalue weighted by Gasteiger charge is -2.09. The topological polar surface area (TPSA) is 55.1 Å². The number of thioether (sulfide) groups is 1. The van der Waals surface area contributed by atoms with Gasteiger partial charge in [0.15, 0.2) is 0 Å². The fraction of sp³-hybridized carbons (Fsp3) is 0.231. The lowest BCUT2D eigenvalue weighted by molar-refractivity contribution is -0.137. The maximum atomic E-state index is 12.6. The summed E-state index contributed by atoms with van der Waals surface area (Å²) in [7, 11) is 1.59. The molecule has 0 saturated heterocycles. The van der Waals surface area contributed by atoms with E-state index in [4.69, 9.17) is 5.11 Å². The molecule has 112 valence electrons. The summed E-state index contributed by atoms with van der Waals surface area (Å²) in [5.41, 5.74) is -0.224. The fourth-order valence-corrected chi connectivity index (χ4v) is 2.76. The van der Waals surface area contributed by atoms with E-state index in [1.165, 1.54) is 16.9 Å². The molecule has 0 saturated carbocycles. The van der Waals surface area contributed by atoms with Crippen molar-refractivity contribution in [2.45, 2.75) is 16.8 Å². The summed E-state index contributed by atoms with van der Waals surface area (Å²) in [5, 5.41) is 12.9. The molecule has 8 heteroatoms. The minimum absolute atomic E-state index is 0.0528. The van der Waals surface area contributed by atoms with Crippen molar-refractivity contribution in [3.8, 4) is 0 Å². The summed E-state index contributed by atoms with van der Waals surface area (Å²) in [6.45, 7) is 0. The minimum atomic E-state index is -4.39. The van der Waals surface area contributed by atoms with Gasteiger partial charge in [-0.25, -0.2) is 4.79 Å². The highest BCUT2D eigenvalue weighted by Crippen LogP contribution is 2.33. The Balaban J connectivity index is 2.18. The van der Waals surface area contributed by atoms with Crippen LogP contribution in [0.25, 0.3) is 0 Å². The third kappa shape index (κ3) is 3.57. The number of carboxylic acids is 1. The number of carbonyl (C=O) groups is 1. The summed E-state index contributed by atoms with van der Waals surface area (Å²) >= 11 is 1.13. The first-order chi connectivity index (χ1) is 9.79. The van der Waals surface area contributed by atoms with Crippen molar-refractivity contribution in [1.82, 2.24) is 9.78 Å². The van der Waals surface area contributed by atoms with E-state index >= 15 is 0 Å². The van der Waals surface area contributed by atoms with Crippen LogP contribution >= 0.6 is 11.8 Å². The maximum Gasteiger partial charge on any atom is 0.416 e. The van der Waals surface area contributed by atoms with Crippen LogP contribution in [-0.4, -0.2) is 20.9 Å². The molecule has 1 N–H and O–H groups in total. The molecule has 0 radical (unpaired) electrons. The van der Waals surface area contributed by atoms with Crippen LogP contribution in [0, 0.1) is 0 Å². The predicted molar refractivity (Wildman–Crippen MR) is 71.2 cm³/mol. The highest BCUT2D eigenvalue weighted by molar-refractivity contribution is 7.98. The smallest absolute Gasteiger partial charge is 0.416 e. The summed E-state index contributed by atoms with van der Waals surface area (Å²) in [6.07, 6.45) is -3.17. The third-order valence-electron chi connectivity index (χ3n) is 2.83. The zero-order chi connectivity index (χ0) is 15.6. The number of hydrogen-bond donors (Lipinski definition) is 1. The molecule has 1 heterocycles. The van der Waals surface area contributed by atoms with Crippen molar-refractivity contribution >= 4 is 17.7 Å². The number of aromatic nitrogens is 2. The fourth-order valence-electron chi connectivity index (χ4n) is 1.73. The highest BCUT2D eigenvalue weighted by atomic mass is 32.2. The summed E-state index contributed by atoms with van der Waals surface area (Å²) in [6, 6.07) is 4.92. The second kappa shape index (κ2) is 5.80. The second-order valence-corrected chi connectivity index (χ2v) is 5.30. The lowest BCUT2D eigenvalue weighted by Crippen LogP contribution is -2.05. The molecule has 0 aliphatic rings. The van der Waals surface area contributed by atoms with E-state index in [2.05, 4.69) is 5.10 Å². The van der Waals surface area contributed by atoms with Crippen LogP contribution in [-0.2, 0) is 19.0 Å². The average molecular weight is 316 g/mol. The van der Waals surface area contributed by atoms with E-state index in [1.54, 1.807) is 13.1 Å². The van der Waals surface area contributed by atoms with Crippen LogP contribution in [0.5, 0.6) is 0 Å². The molecule has 0 aliphatic carbocycles. The first-order valence-electron chi connectivity index (χ1n) is 5.83. The number of alkyl halides is 3. The first kappa shape index (κ1) is 15.4. The SMILES string of the molecule is Cn1ncc(C(=O)O)c1CSc1cccc(C(F)(F)F)c1. The molecule has 0 aliphatic heterocycles. The molecule has 0 spiro atoms. The van der Waals surface area contributed by atoms with Gasteiger partial charge in [-0.1, -0.05) is 6.07 Å². The Morgan fingerprint density at radius 2 is 2.14 bits per heavy atom. The van der Waals surface area contributed by atoms with Gasteiger partial charge in [-0.15, -0.1) is 11.8 Å². The average Bonchev–Trinajstić information content (AvgIpc) is 2.77. The Hall–Kier alpha value is -1.96. The standard InChI is InChI=1S/C13H11F3N2O2S/c1-18-11(10(6-17-18)12(19)20)7-21-9-4-2-3-8(5-9)13(14,15)16/h2-6H,7H2,1H3,(H,19,20). The molecular weight excluding hydrogens is 305 g/mol. The van der Waals surface area contributed by atoms with Crippen LogP contribution in [0.2, 0.25) is 0 Å². The molecule has 1 aromatic carbocycles. The minimum Gasteiger partial charge on any atom is -0.478 e. The van der Waals surface area contributed by atoms with Crippen molar-refractivity contribution in [3.63, 3.8) is 0 Å². The highest BCUT2D eigenvalue weighted by Gasteiger charge is 2.30. The van der Waals surface area contributed by atoms with E-state index in [1.807, 2.05) is 0 Å². The van der Waals surface area contributed by atoms with Crippen LogP contribution in [0.1, 0.15) is 21.6 Å². The van der Waals surface area contributed by atoms with Gasteiger partial charge in [-0.05, 0) is 18.2 Å². The monoisotopic (exact) mass is 316 g/mol. The van der Waals surface area contributed by atoms with Crippen molar-refractivity contribution in [3.05, 3.63) is 47.3 Å². The number of carboxylic acid groups (broad SMARTS) is 1. The molecule has 0 atom stereocenters. The zero-order valence-electron chi connectivity index (χ0n) is 10.9. The Morgan fingerprint density at radius 1 is 1.43 bits per heavy atom. The van der Waals surface area contributed by atoms with Crippen LogP contribution in [0.3, 0.4) is 0 Å². The molecular formula is C13H11F3N2O2S. The molecule has 2 rings (SSSR count). The molecule has 4 nitrogen and oxygen atoms in total. The molecule has 0 amide bonds. The summed E-state index contributed by atoms with van der Waals surface area (Å²) in [5.74, 6) is -0.887. The van der Waals surface area contributed by atoms with Gasteiger partial charge >= 0.3 is 12.1 Å². The molecule has 0 fully saturated rings. The van der Waals surface area contributed by atoms with Gasteiger partial charge in [0.2, 0.25) is 0 Å². The first-order valence-corrected chi connectivity index (χ1v) is 6.82. The summed E-state index contributed by atoms with van der Waals surface area (Å²) in [4.78, 5) is 11.4. The van der Waals surface area contributed by atoms with Crippen molar-refractivity contribution in [2.75, 3.05) is 0 Å². The van der Waals surface area contributed by atoms with E-state index in [9.17, 15) is 18.0 Å². The zero-order valence-corrected chi connectivity index (χ0v) is 11.7. The van der Waals surface area contributed by atoms with Gasteiger partial charge in [-0.2, -0.15) is 18.3 Å². The van der Waals surface area contributed by atoms with Gasteiger partial charge in [0, 0.05) is 17.7 Å². The number of aryl methyl sites for hydroxylation is 1. The number of hydrogen-bond acceptors (Lipinski definition) is 3. The Labute approximate surface area is 122 Å². The van der Waals surface area contributed by atoms with E-state index in [0.717, 1.165) is 23.9 Å². The van der Waals surface area contributed by atoms with E-state index < -0.39 is 17.7 Å². The quantitative estimate of drug-likeness (QED) is 0.878. The summed E-state index contributed by atoms with van der Waals surface area (Å²) < 4.78 is 39.3. The number of nitrogens with zero attached hydrogens (tertiary/aromatic N) is 2. The Morgan fingerprint density at radius 3 is 2.76 bits per heavy atom. The Kier molecular flexibility index (Phi) is 4.26. The molecule has 0 bridgehead atoms. The predicted octanol–water partition coefficient (Wildman–Crippen LogP) is 3.43. The number of halogens is 3. The number of aromatic carboxylic acids is 1.